The number of rotatable bonds is 3. The van der Waals surface area contributed by atoms with Crippen LogP contribution >= 0.6 is 0 Å². The average molecular weight is 280 g/mol. The number of carbonyl (C=O) groups excluding carboxylic acids is 1. The lowest BCUT2D eigenvalue weighted by Crippen LogP contribution is -2.53. The van der Waals surface area contributed by atoms with E-state index in [4.69, 9.17) is 0 Å². The van der Waals surface area contributed by atoms with Crippen LogP contribution in [0.25, 0.3) is 0 Å². The zero-order valence-electron chi connectivity index (χ0n) is 10.6. The maximum Gasteiger partial charge on any atom is 0.404 e. The first-order valence-electron chi connectivity index (χ1n) is 6.61. The molecule has 0 radical (unpaired) electrons. The first-order valence-corrected chi connectivity index (χ1v) is 6.61. The molecule has 1 aliphatic carbocycles. The number of nitrogens with one attached hydrogen (secondary N) is 2. The Morgan fingerprint density at radius 1 is 1.42 bits per heavy atom. The molecule has 3 unspecified atom stereocenters. The summed E-state index contributed by atoms with van der Waals surface area (Å²) in [5, 5.41) is 14.6. The van der Waals surface area contributed by atoms with E-state index in [0.29, 0.717) is 6.42 Å². The highest BCUT2D eigenvalue weighted by Crippen LogP contribution is 2.43. The lowest BCUT2D eigenvalue weighted by molar-refractivity contribution is -0.216. The number of aliphatic hydroxyl groups is 1. The molecule has 2 fully saturated rings. The monoisotopic (exact) mass is 280 g/mol. The molecule has 4 nitrogen and oxygen atoms in total. The van der Waals surface area contributed by atoms with Gasteiger partial charge in [-0.1, -0.05) is 6.42 Å². The molecule has 19 heavy (non-hydrogen) atoms. The molecule has 1 amide bonds. The van der Waals surface area contributed by atoms with Crippen LogP contribution in [0.5, 0.6) is 0 Å². The highest BCUT2D eigenvalue weighted by atomic mass is 19.4. The van der Waals surface area contributed by atoms with Gasteiger partial charge in [0.2, 0.25) is 5.91 Å². The molecule has 0 aromatic carbocycles. The fourth-order valence-corrected chi connectivity index (χ4v) is 2.90. The van der Waals surface area contributed by atoms with Gasteiger partial charge in [0.05, 0.1) is 6.10 Å². The van der Waals surface area contributed by atoms with E-state index < -0.39 is 23.6 Å². The molecule has 0 aromatic rings. The lowest BCUT2D eigenvalue weighted by atomic mass is 9.85. The average Bonchev–Trinajstić information content (AvgIpc) is 2.94. The summed E-state index contributed by atoms with van der Waals surface area (Å²) in [4.78, 5) is 11.9. The molecule has 0 aromatic heterocycles. The van der Waals surface area contributed by atoms with Crippen LogP contribution in [0.15, 0.2) is 0 Å². The van der Waals surface area contributed by atoms with Crippen LogP contribution in [0.2, 0.25) is 0 Å². The maximum atomic E-state index is 13.1. The second-order valence-corrected chi connectivity index (χ2v) is 5.47. The molecule has 1 aliphatic heterocycles. The normalized spacial score (nSPS) is 35.6. The summed E-state index contributed by atoms with van der Waals surface area (Å²) < 4.78 is 39.3. The minimum atomic E-state index is -4.55. The third-order valence-electron chi connectivity index (χ3n) is 4.28. The molecule has 1 heterocycles. The molecule has 110 valence electrons. The number of hydrogen-bond donors (Lipinski definition) is 3. The first kappa shape index (κ1) is 14.6. The molecule has 2 aliphatic rings. The van der Waals surface area contributed by atoms with E-state index in [1.165, 1.54) is 0 Å². The fourth-order valence-electron chi connectivity index (χ4n) is 2.90. The molecular weight excluding hydrogens is 261 g/mol. The Hall–Kier alpha value is -0.820. The van der Waals surface area contributed by atoms with E-state index in [2.05, 4.69) is 10.6 Å². The Bertz CT molecular complexity index is 340. The molecule has 0 bridgehead atoms. The minimum Gasteiger partial charge on any atom is -0.393 e. The van der Waals surface area contributed by atoms with Gasteiger partial charge in [0.1, 0.15) is 0 Å². The Morgan fingerprint density at radius 3 is 2.63 bits per heavy atom. The molecule has 2 rings (SSSR count). The van der Waals surface area contributed by atoms with Gasteiger partial charge in [-0.25, -0.2) is 0 Å². The number of carbonyl (C=O) groups is 1. The van der Waals surface area contributed by atoms with Gasteiger partial charge in [-0.05, 0) is 25.8 Å². The standard InChI is InChI=1S/C12H19F3N2O2/c13-12(14,15)11(4-5-16-7-11)10(19)17-6-8-2-1-3-9(8)18/h8-9,16,18H,1-7H2,(H,17,19). The quantitative estimate of drug-likeness (QED) is 0.717. The second kappa shape index (κ2) is 5.28. The van der Waals surface area contributed by atoms with Gasteiger partial charge in [-0.3, -0.25) is 4.79 Å². The number of hydrogen-bond acceptors (Lipinski definition) is 3. The summed E-state index contributed by atoms with van der Waals surface area (Å²) in [5.41, 5.74) is -2.31. The number of alkyl halides is 3. The molecular formula is C12H19F3N2O2. The fraction of sp³-hybridized carbons (Fsp3) is 0.917. The zero-order chi connectivity index (χ0) is 14.1. The predicted octanol–water partition coefficient (Wildman–Crippen LogP) is 0.806. The minimum absolute atomic E-state index is 0.122. The van der Waals surface area contributed by atoms with Gasteiger partial charge in [0.15, 0.2) is 5.41 Å². The Kier molecular flexibility index (Phi) is 4.06. The molecule has 0 spiro atoms. The van der Waals surface area contributed by atoms with Crippen molar-refractivity contribution in [1.29, 1.82) is 0 Å². The third kappa shape index (κ3) is 2.72. The van der Waals surface area contributed by atoms with Crippen LogP contribution in [0, 0.1) is 11.3 Å². The third-order valence-corrected chi connectivity index (χ3v) is 4.28. The highest BCUT2D eigenvalue weighted by Gasteiger charge is 2.61. The van der Waals surface area contributed by atoms with Gasteiger partial charge in [0, 0.05) is 19.0 Å². The van der Waals surface area contributed by atoms with Gasteiger partial charge in [0.25, 0.3) is 0 Å². The van der Waals surface area contributed by atoms with Crippen LogP contribution in [0.1, 0.15) is 25.7 Å². The second-order valence-electron chi connectivity index (χ2n) is 5.47. The number of amides is 1. The first-order chi connectivity index (χ1) is 8.87. The van der Waals surface area contributed by atoms with Crippen molar-refractivity contribution in [1.82, 2.24) is 10.6 Å². The van der Waals surface area contributed by atoms with Gasteiger partial charge >= 0.3 is 6.18 Å². The summed E-state index contributed by atoms with van der Waals surface area (Å²) in [5.74, 6) is -1.09. The summed E-state index contributed by atoms with van der Waals surface area (Å²) in [6, 6.07) is 0. The maximum absolute atomic E-state index is 13.1. The van der Waals surface area contributed by atoms with Crippen LogP contribution < -0.4 is 10.6 Å². The molecule has 1 saturated heterocycles. The SMILES string of the molecule is O=C(NCC1CCCC1O)C1(C(F)(F)F)CCNC1. The summed E-state index contributed by atoms with van der Waals surface area (Å²) in [7, 11) is 0. The van der Waals surface area contributed by atoms with Gasteiger partial charge in [-0.15, -0.1) is 0 Å². The van der Waals surface area contributed by atoms with E-state index in [-0.39, 0.29) is 32.0 Å². The lowest BCUT2D eigenvalue weighted by Gasteiger charge is -2.30. The van der Waals surface area contributed by atoms with Crippen LogP contribution in [-0.2, 0) is 4.79 Å². The number of aliphatic hydroxyl groups excluding tert-OH is 1. The summed E-state index contributed by atoms with van der Waals surface area (Å²) in [6.45, 7) is -0.0492. The van der Waals surface area contributed by atoms with Crippen molar-refractivity contribution in [3.05, 3.63) is 0 Å². The summed E-state index contributed by atoms with van der Waals surface area (Å²) in [6.07, 6.45) is -3.02. The Labute approximate surface area is 109 Å². The smallest absolute Gasteiger partial charge is 0.393 e. The van der Waals surface area contributed by atoms with Gasteiger partial charge < -0.3 is 15.7 Å². The van der Waals surface area contributed by atoms with Crippen molar-refractivity contribution in [2.24, 2.45) is 11.3 Å². The largest absolute Gasteiger partial charge is 0.404 e. The van der Waals surface area contributed by atoms with E-state index in [0.717, 1.165) is 12.8 Å². The Balaban J connectivity index is 1.97. The number of halogens is 3. The molecule has 3 N–H and O–H groups in total. The van der Waals surface area contributed by atoms with Crippen molar-refractivity contribution in [2.75, 3.05) is 19.6 Å². The van der Waals surface area contributed by atoms with Crippen molar-refractivity contribution >= 4 is 5.91 Å². The van der Waals surface area contributed by atoms with Crippen molar-refractivity contribution < 1.29 is 23.1 Å². The molecule has 7 heteroatoms. The molecule has 1 saturated carbocycles. The Morgan fingerprint density at radius 2 is 2.16 bits per heavy atom. The predicted molar refractivity (Wildman–Crippen MR) is 62.3 cm³/mol. The summed E-state index contributed by atoms with van der Waals surface area (Å²) >= 11 is 0. The van der Waals surface area contributed by atoms with Crippen molar-refractivity contribution in [3.8, 4) is 0 Å². The van der Waals surface area contributed by atoms with Crippen molar-refractivity contribution in [3.63, 3.8) is 0 Å². The topological polar surface area (TPSA) is 61.4 Å². The van der Waals surface area contributed by atoms with Crippen LogP contribution in [0.3, 0.4) is 0 Å². The van der Waals surface area contributed by atoms with Gasteiger partial charge in [-0.2, -0.15) is 13.2 Å². The van der Waals surface area contributed by atoms with Crippen LogP contribution in [-0.4, -0.2) is 42.9 Å². The molecule has 3 atom stereocenters. The van der Waals surface area contributed by atoms with Crippen LogP contribution in [0.4, 0.5) is 13.2 Å². The van der Waals surface area contributed by atoms with Crippen molar-refractivity contribution in [2.45, 2.75) is 38.0 Å². The zero-order valence-corrected chi connectivity index (χ0v) is 10.6. The van der Waals surface area contributed by atoms with E-state index in [9.17, 15) is 23.1 Å². The van der Waals surface area contributed by atoms with E-state index in [1.54, 1.807) is 0 Å². The van der Waals surface area contributed by atoms with E-state index >= 15 is 0 Å². The highest BCUT2D eigenvalue weighted by molar-refractivity contribution is 5.84. The van der Waals surface area contributed by atoms with E-state index in [1.807, 2.05) is 0 Å².